The number of allylic oxidation sites excluding steroid dienone is 1. The summed E-state index contributed by atoms with van der Waals surface area (Å²) < 4.78 is 31.9. The highest BCUT2D eigenvalue weighted by atomic mass is 32.2. The number of carbonyl (C=O) groups excluding carboxylic acids is 3. The van der Waals surface area contributed by atoms with Crippen molar-refractivity contribution < 1.29 is 27.5 Å². The zero-order chi connectivity index (χ0) is 20.2. The van der Waals surface area contributed by atoms with E-state index < -0.39 is 27.7 Å². The molecule has 1 aromatic heterocycles. The molecule has 0 saturated heterocycles. The van der Waals surface area contributed by atoms with Gasteiger partial charge in [0.1, 0.15) is 5.69 Å². The largest absolute Gasteiger partial charge is 0.452 e. The highest BCUT2D eigenvalue weighted by Crippen LogP contribution is 2.38. The molecule has 0 radical (unpaired) electrons. The molecule has 0 unspecified atom stereocenters. The van der Waals surface area contributed by atoms with Crippen molar-refractivity contribution >= 4 is 33.4 Å². The lowest BCUT2D eigenvalue weighted by Gasteiger charge is -2.30. The number of carbonyl (C=O) groups is 3. The van der Waals surface area contributed by atoms with Gasteiger partial charge in [0.15, 0.2) is 0 Å². The molecule has 1 amide bonds. The number of methoxy groups -OCH3 is 1. The van der Waals surface area contributed by atoms with E-state index in [9.17, 15) is 22.8 Å². The van der Waals surface area contributed by atoms with Gasteiger partial charge in [-0.1, -0.05) is 17.7 Å². The molecule has 1 aromatic carbocycles. The maximum atomic E-state index is 13.2. The third kappa shape index (κ3) is 2.50. The maximum absolute atomic E-state index is 13.2. The van der Waals surface area contributed by atoms with E-state index in [0.29, 0.717) is 12.0 Å². The maximum Gasteiger partial charge on any atom is 0.414 e. The van der Waals surface area contributed by atoms with E-state index in [1.807, 2.05) is 6.92 Å². The van der Waals surface area contributed by atoms with Gasteiger partial charge in [-0.05, 0) is 31.0 Å². The fraction of sp³-hybridized carbons (Fsp3) is 0.211. The minimum Gasteiger partial charge on any atom is -0.452 e. The van der Waals surface area contributed by atoms with Crippen LogP contribution in [0.1, 0.15) is 27.2 Å². The van der Waals surface area contributed by atoms with E-state index in [4.69, 9.17) is 4.74 Å². The Balaban J connectivity index is 1.95. The normalized spacial score (nSPS) is 15.9. The molecule has 0 atom stereocenters. The van der Waals surface area contributed by atoms with Crippen LogP contribution in [0.4, 0.5) is 4.79 Å². The molecule has 1 aliphatic heterocycles. The summed E-state index contributed by atoms with van der Waals surface area (Å²) in [4.78, 5) is 38.2. The Hall–Kier alpha value is -3.20. The minimum atomic E-state index is -4.10. The number of hydrogen-bond acceptors (Lipinski definition) is 6. The Labute approximate surface area is 161 Å². The summed E-state index contributed by atoms with van der Waals surface area (Å²) in [5.74, 6) is -1.81. The molecule has 2 aliphatic rings. The molecule has 0 fully saturated rings. The van der Waals surface area contributed by atoms with Gasteiger partial charge >= 0.3 is 6.09 Å². The van der Waals surface area contributed by atoms with Crippen molar-refractivity contribution in [2.24, 2.45) is 0 Å². The van der Waals surface area contributed by atoms with Crippen molar-refractivity contribution in [1.82, 2.24) is 8.87 Å². The van der Waals surface area contributed by atoms with Gasteiger partial charge in [0.05, 0.1) is 17.7 Å². The van der Waals surface area contributed by atoms with E-state index in [1.165, 1.54) is 30.3 Å². The molecule has 2 aromatic rings. The van der Waals surface area contributed by atoms with Gasteiger partial charge in [-0.15, -0.1) is 0 Å². The van der Waals surface area contributed by atoms with Crippen molar-refractivity contribution in [3.05, 3.63) is 58.9 Å². The first-order valence-electron chi connectivity index (χ1n) is 8.48. The lowest BCUT2D eigenvalue weighted by molar-refractivity contribution is -0.111. The van der Waals surface area contributed by atoms with Crippen molar-refractivity contribution in [1.29, 1.82) is 0 Å². The summed E-state index contributed by atoms with van der Waals surface area (Å²) in [6.07, 6.45) is 2.07. The molecule has 2 heterocycles. The number of ether oxygens (including phenoxy) is 1. The summed E-state index contributed by atoms with van der Waals surface area (Å²) >= 11 is 0. The van der Waals surface area contributed by atoms with Crippen LogP contribution in [0.3, 0.4) is 0 Å². The fourth-order valence-electron chi connectivity index (χ4n) is 3.48. The van der Waals surface area contributed by atoms with Crippen LogP contribution in [-0.2, 0) is 26.0 Å². The first-order chi connectivity index (χ1) is 13.3. The second-order valence-electron chi connectivity index (χ2n) is 6.59. The van der Waals surface area contributed by atoms with Gasteiger partial charge in [-0.3, -0.25) is 14.5 Å². The third-order valence-corrected chi connectivity index (χ3v) is 6.56. The van der Waals surface area contributed by atoms with E-state index in [2.05, 4.69) is 0 Å². The zero-order valence-corrected chi connectivity index (χ0v) is 15.9. The Morgan fingerprint density at radius 3 is 2.46 bits per heavy atom. The van der Waals surface area contributed by atoms with Gasteiger partial charge in [-0.25, -0.2) is 17.2 Å². The lowest BCUT2D eigenvalue weighted by Crippen LogP contribution is -2.38. The summed E-state index contributed by atoms with van der Waals surface area (Å²) in [5.41, 5.74) is 1.70. The smallest absolute Gasteiger partial charge is 0.414 e. The Morgan fingerprint density at radius 2 is 1.82 bits per heavy atom. The SMILES string of the molecule is COC(=O)N1CCc2cn(S(=O)(=O)c3ccc(C)cc3)c3c2C1=CC(=O)C3=O. The number of aromatic nitrogens is 1. The minimum absolute atomic E-state index is 0.00266. The number of amides is 1. The average Bonchev–Trinajstić information content (AvgIpc) is 3.07. The topological polar surface area (TPSA) is 103 Å². The monoisotopic (exact) mass is 400 g/mol. The number of rotatable bonds is 2. The summed E-state index contributed by atoms with van der Waals surface area (Å²) in [6.45, 7) is 2.04. The fourth-order valence-corrected chi connectivity index (χ4v) is 4.87. The first kappa shape index (κ1) is 18.2. The standard InChI is InChI=1S/C19H16N2O6S/c1-11-3-5-13(6-4-11)28(25,26)21-10-12-7-8-20(19(24)27-2)14-9-15(22)18(23)17(21)16(12)14/h3-6,9-10H,7-8H2,1-2H3. The molecule has 0 bridgehead atoms. The van der Waals surface area contributed by atoms with E-state index in [1.54, 1.807) is 12.1 Å². The van der Waals surface area contributed by atoms with Crippen molar-refractivity contribution in [2.75, 3.05) is 13.7 Å². The van der Waals surface area contributed by atoms with Gasteiger partial charge in [-0.2, -0.15) is 0 Å². The number of ketones is 2. The number of aryl methyl sites for hydroxylation is 1. The molecule has 144 valence electrons. The van der Waals surface area contributed by atoms with Crippen molar-refractivity contribution in [3.63, 3.8) is 0 Å². The number of Topliss-reactive ketones (excluding diaryl/α,β-unsaturated/α-hetero) is 1. The molecule has 0 N–H and O–H groups in total. The molecular formula is C19H16N2O6S. The molecule has 9 heteroatoms. The summed E-state index contributed by atoms with van der Waals surface area (Å²) in [6, 6.07) is 6.20. The van der Waals surface area contributed by atoms with Crippen molar-refractivity contribution in [3.8, 4) is 0 Å². The van der Waals surface area contributed by atoms with Crippen LogP contribution in [0.25, 0.3) is 5.70 Å². The first-order valence-corrected chi connectivity index (χ1v) is 9.92. The molecule has 0 saturated carbocycles. The number of nitrogens with zero attached hydrogens (tertiary/aromatic N) is 2. The average molecular weight is 400 g/mol. The predicted molar refractivity (Wildman–Crippen MR) is 98.3 cm³/mol. The molecular weight excluding hydrogens is 384 g/mol. The van der Waals surface area contributed by atoms with Crippen LogP contribution in [0.15, 0.2) is 41.4 Å². The number of hydrogen-bond donors (Lipinski definition) is 0. The van der Waals surface area contributed by atoms with Crippen LogP contribution < -0.4 is 0 Å². The second-order valence-corrected chi connectivity index (χ2v) is 8.40. The van der Waals surface area contributed by atoms with Gasteiger partial charge in [0.2, 0.25) is 5.78 Å². The van der Waals surface area contributed by atoms with Gasteiger partial charge in [0, 0.05) is 24.4 Å². The quantitative estimate of drug-likeness (QED) is 0.712. The molecule has 1 aliphatic carbocycles. The lowest BCUT2D eigenvalue weighted by atomic mass is 9.92. The molecule has 8 nitrogen and oxygen atoms in total. The summed E-state index contributed by atoms with van der Waals surface area (Å²) in [5, 5.41) is 0. The van der Waals surface area contributed by atoms with Crippen LogP contribution in [0.5, 0.6) is 0 Å². The molecule has 4 rings (SSSR count). The van der Waals surface area contributed by atoms with E-state index >= 15 is 0 Å². The third-order valence-electron chi connectivity index (χ3n) is 4.88. The summed E-state index contributed by atoms with van der Waals surface area (Å²) in [7, 11) is -2.89. The van der Waals surface area contributed by atoms with Crippen molar-refractivity contribution in [2.45, 2.75) is 18.2 Å². The zero-order valence-electron chi connectivity index (χ0n) is 15.1. The Morgan fingerprint density at radius 1 is 1.14 bits per heavy atom. The van der Waals surface area contributed by atoms with Gasteiger partial charge in [0.25, 0.3) is 15.8 Å². The van der Waals surface area contributed by atoms with E-state index in [-0.39, 0.29) is 28.4 Å². The second kappa shape index (κ2) is 6.16. The predicted octanol–water partition coefficient (Wildman–Crippen LogP) is 1.76. The number of benzene rings is 1. The van der Waals surface area contributed by atoms with Crippen LogP contribution in [0.2, 0.25) is 0 Å². The van der Waals surface area contributed by atoms with Crippen LogP contribution in [0, 0.1) is 6.92 Å². The molecule has 0 spiro atoms. The van der Waals surface area contributed by atoms with Gasteiger partial charge < -0.3 is 4.74 Å². The highest BCUT2D eigenvalue weighted by Gasteiger charge is 2.41. The Bertz CT molecular complexity index is 1170. The Kier molecular flexibility index (Phi) is 4.00. The van der Waals surface area contributed by atoms with Crippen LogP contribution >= 0.6 is 0 Å². The molecule has 28 heavy (non-hydrogen) atoms. The van der Waals surface area contributed by atoms with Crippen LogP contribution in [-0.4, -0.2) is 48.6 Å². The van der Waals surface area contributed by atoms with E-state index in [0.717, 1.165) is 15.6 Å². The highest BCUT2D eigenvalue weighted by molar-refractivity contribution is 7.90.